The minimum Gasteiger partial charge on any atom is -0.493 e. The molecule has 1 aliphatic rings. The van der Waals surface area contributed by atoms with Crippen molar-refractivity contribution < 1.29 is 19.2 Å². The molecule has 1 fully saturated rings. The van der Waals surface area contributed by atoms with Crippen molar-refractivity contribution in [2.24, 2.45) is 5.92 Å². The number of ether oxygens (including phenoxy) is 2. The Morgan fingerprint density at radius 1 is 1.22 bits per heavy atom. The van der Waals surface area contributed by atoms with Gasteiger partial charge >= 0.3 is 5.69 Å². The second kappa shape index (κ2) is 7.84. The van der Waals surface area contributed by atoms with E-state index < -0.39 is 4.92 Å². The maximum Gasteiger partial charge on any atom is 0.313 e. The van der Waals surface area contributed by atoms with E-state index in [0.29, 0.717) is 17.2 Å². The molecule has 1 unspecified atom stereocenters. The lowest BCUT2D eigenvalue weighted by Gasteiger charge is -2.15. The van der Waals surface area contributed by atoms with Gasteiger partial charge in [-0.05, 0) is 56.0 Å². The molecule has 27 heavy (non-hydrogen) atoms. The van der Waals surface area contributed by atoms with E-state index >= 15 is 0 Å². The van der Waals surface area contributed by atoms with Gasteiger partial charge in [0.05, 0.1) is 12.0 Å². The molecule has 0 bridgehead atoms. The number of nitro benzene ring substituents is 1. The quantitative estimate of drug-likeness (QED) is 0.552. The molecule has 1 amide bonds. The van der Waals surface area contributed by atoms with Crippen LogP contribution in [0.1, 0.15) is 30.1 Å². The monoisotopic (exact) mass is 390 g/mol. The number of amides is 1. The van der Waals surface area contributed by atoms with Gasteiger partial charge in [0.15, 0.2) is 11.5 Å². The van der Waals surface area contributed by atoms with Crippen LogP contribution in [-0.4, -0.2) is 24.0 Å². The van der Waals surface area contributed by atoms with Gasteiger partial charge in [-0.25, -0.2) is 0 Å². The van der Waals surface area contributed by atoms with Gasteiger partial charge in [-0.15, -0.1) is 0 Å². The summed E-state index contributed by atoms with van der Waals surface area (Å²) in [5, 5.41) is 14.4. The lowest BCUT2D eigenvalue weighted by atomic mass is 10.1. The van der Waals surface area contributed by atoms with Gasteiger partial charge in [0, 0.05) is 22.7 Å². The number of methoxy groups -OCH3 is 1. The summed E-state index contributed by atoms with van der Waals surface area (Å²) >= 11 is 5.82. The summed E-state index contributed by atoms with van der Waals surface area (Å²) in [6.07, 6.45) is 2.27. The third-order valence-electron chi connectivity index (χ3n) is 4.45. The van der Waals surface area contributed by atoms with E-state index in [9.17, 15) is 14.9 Å². The number of halogens is 1. The molecule has 2 aromatic carbocycles. The number of carbonyl (C=O) groups excluding carboxylic acids is 1. The van der Waals surface area contributed by atoms with Crippen LogP contribution in [0.25, 0.3) is 0 Å². The first-order valence-corrected chi connectivity index (χ1v) is 8.87. The molecule has 1 saturated carbocycles. The topological polar surface area (TPSA) is 90.7 Å². The van der Waals surface area contributed by atoms with Crippen LogP contribution in [0.5, 0.6) is 17.2 Å². The Kier molecular flexibility index (Phi) is 5.51. The van der Waals surface area contributed by atoms with Gasteiger partial charge in [-0.2, -0.15) is 0 Å². The molecule has 0 aliphatic heterocycles. The number of nitrogens with one attached hydrogen (secondary N) is 1. The lowest BCUT2D eigenvalue weighted by molar-refractivity contribution is -0.385. The van der Waals surface area contributed by atoms with Crippen LogP contribution >= 0.6 is 11.6 Å². The van der Waals surface area contributed by atoms with Crippen molar-refractivity contribution in [2.75, 3.05) is 7.11 Å². The van der Waals surface area contributed by atoms with Crippen LogP contribution in [0, 0.1) is 16.0 Å². The van der Waals surface area contributed by atoms with Crippen LogP contribution < -0.4 is 14.8 Å². The highest BCUT2D eigenvalue weighted by atomic mass is 35.5. The second-order valence-corrected chi connectivity index (χ2v) is 6.87. The van der Waals surface area contributed by atoms with Crippen molar-refractivity contribution in [3.05, 3.63) is 57.1 Å². The number of hydrogen-bond acceptors (Lipinski definition) is 5. The number of benzene rings is 2. The van der Waals surface area contributed by atoms with E-state index in [1.807, 2.05) is 6.92 Å². The lowest BCUT2D eigenvalue weighted by Crippen LogP contribution is -2.33. The third kappa shape index (κ3) is 4.49. The zero-order valence-corrected chi connectivity index (χ0v) is 15.7. The van der Waals surface area contributed by atoms with Gasteiger partial charge in [0.1, 0.15) is 0 Å². The third-order valence-corrected chi connectivity index (χ3v) is 4.69. The van der Waals surface area contributed by atoms with E-state index in [1.54, 1.807) is 18.2 Å². The average Bonchev–Trinajstić information content (AvgIpc) is 3.48. The molecule has 0 spiro atoms. The van der Waals surface area contributed by atoms with Gasteiger partial charge in [-0.1, -0.05) is 11.6 Å². The normalized spacial score (nSPS) is 14.3. The summed E-state index contributed by atoms with van der Waals surface area (Å²) < 4.78 is 11.0. The molecule has 0 heterocycles. The van der Waals surface area contributed by atoms with Gasteiger partial charge in [0.25, 0.3) is 5.91 Å². The largest absolute Gasteiger partial charge is 0.493 e. The van der Waals surface area contributed by atoms with Crippen molar-refractivity contribution in [2.45, 2.75) is 25.8 Å². The molecular weight excluding hydrogens is 372 g/mol. The van der Waals surface area contributed by atoms with Crippen LogP contribution in [0.15, 0.2) is 36.4 Å². The first-order valence-electron chi connectivity index (χ1n) is 8.49. The molecule has 0 aromatic heterocycles. The number of hydrogen-bond donors (Lipinski definition) is 1. The first-order chi connectivity index (χ1) is 12.9. The fourth-order valence-corrected chi connectivity index (χ4v) is 2.90. The summed E-state index contributed by atoms with van der Waals surface area (Å²) in [6, 6.07) is 8.94. The summed E-state index contributed by atoms with van der Waals surface area (Å²) in [5.74, 6) is 0.934. The smallest absolute Gasteiger partial charge is 0.313 e. The number of carbonyl (C=O) groups is 1. The zero-order valence-electron chi connectivity index (χ0n) is 14.9. The van der Waals surface area contributed by atoms with E-state index in [-0.39, 0.29) is 34.2 Å². The second-order valence-electron chi connectivity index (χ2n) is 6.44. The first kappa shape index (κ1) is 19.0. The fraction of sp³-hybridized carbons (Fsp3) is 0.316. The SMILES string of the molecule is COc1cc(C(=O)NC(C)C2CC2)ccc1Oc1ccc(Cl)cc1[N+](=O)[O-]. The Morgan fingerprint density at radius 3 is 2.56 bits per heavy atom. The van der Waals surface area contributed by atoms with E-state index in [4.69, 9.17) is 21.1 Å². The highest BCUT2D eigenvalue weighted by molar-refractivity contribution is 6.30. The summed E-state index contributed by atoms with van der Waals surface area (Å²) in [5.41, 5.74) is 0.168. The van der Waals surface area contributed by atoms with Gasteiger partial charge < -0.3 is 14.8 Å². The van der Waals surface area contributed by atoms with Crippen molar-refractivity contribution >= 4 is 23.2 Å². The Balaban J connectivity index is 1.82. The molecule has 142 valence electrons. The summed E-state index contributed by atoms with van der Waals surface area (Å²) in [4.78, 5) is 23.0. The molecule has 3 rings (SSSR count). The highest BCUT2D eigenvalue weighted by Crippen LogP contribution is 2.38. The van der Waals surface area contributed by atoms with Crippen molar-refractivity contribution in [1.29, 1.82) is 0 Å². The zero-order chi connectivity index (χ0) is 19.6. The average molecular weight is 391 g/mol. The molecule has 0 saturated heterocycles. The van der Waals surface area contributed by atoms with Crippen molar-refractivity contribution in [3.8, 4) is 17.2 Å². The summed E-state index contributed by atoms with van der Waals surface area (Å²) in [7, 11) is 1.44. The molecule has 8 heteroatoms. The molecule has 0 radical (unpaired) electrons. The number of rotatable bonds is 7. The van der Waals surface area contributed by atoms with Crippen LogP contribution in [-0.2, 0) is 0 Å². The van der Waals surface area contributed by atoms with Gasteiger partial charge in [-0.3, -0.25) is 14.9 Å². The van der Waals surface area contributed by atoms with E-state index in [0.717, 1.165) is 12.8 Å². The predicted octanol–water partition coefficient (Wildman–Crippen LogP) is 4.58. The Labute approximate surface area is 161 Å². The summed E-state index contributed by atoms with van der Waals surface area (Å²) in [6.45, 7) is 1.99. The van der Waals surface area contributed by atoms with Crippen molar-refractivity contribution in [3.63, 3.8) is 0 Å². The maximum atomic E-state index is 12.4. The van der Waals surface area contributed by atoms with E-state index in [1.165, 1.54) is 25.3 Å². The highest BCUT2D eigenvalue weighted by Gasteiger charge is 2.29. The fourth-order valence-electron chi connectivity index (χ4n) is 2.74. The van der Waals surface area contributed by atoms with E-state index in [2.05, 4.69) is 5.32 Å². The molecule has 1 N–H and O–H groups in total. The van der Waals surface area contributed by atoms with Crippen LogP contribution in [0.2, 0.25) is 5.02 Å². The molecule has 1 aliphatic carbocycles. The maximum absolute atomic E-state index is 12.4. The van der Waals surface area contributed by atoms with Crippen LogP contribution in [0.3, 0.4) is 0 Å². The minimum absolute atomic E-state index is 0.0299. The predicted molar refractivity (Wildman–Crippen MR) is 101 cm³/mol. The number of nitro groups is 1. The molecule has 7 nitrogen and oxygen atoms in total. The minimum atomic E-state index is -0.575. The standard InChI is InChI=1S/C19H19ClN2O5/c1-11(12-3-4-12)21-19(23)13-5-7-17(18(9-13)26-2)27-16-8-6-14(20)10-15(16)22(24)25/h5-12H,3-4H2,1-2H3,(H,21,23). The Bertz CT molecular complexity index is 882. The van der Waals surface area contributed by atoms with Gasteiger partial charge in [0.2, 0.25) is 5.75 Å². The molecule has 1 atom stereocenters. The molecular formula is C19H19ClN2O5. The number of nitrogens with zero attached hydrogens (tertiary/aromatic N) is 1. The Hall–Kier alpha value is -2.80. The van der Waals surface area contributed by atoms with Crippen molar-refractivity contribution in [1.82, 2.24) is 5.32 Å². The van der Waals surface area contributed by atoms with Crippen LogP contribution in [0.4, 0.5) is 5.69 Å². The molecule has 2 aromatic rings. The Morgan fingerprint density at radius 2 is 1.93 bits per heavy atom.